The molecule has 0 bridgehead atoms. The average Bonchev–Trinajstić information content (AvgIpc) is 3.26. The number of rotatable bonds is 5. The largest absolute Gasteiger partial charge is 0.451 e. The summed E-state index contributed by atoms with van der Waals surface area (Å²) in [4.78, 5) is 0. The minimum Gasteiger partial charge on any atom is -0.451 e. The van der Waals surface area contributed by atoms with Crippen molar-refractivity contribution in [2.24, 2.45) is 0 Å². The normalized spacial score (nSPS) is 14.2. The van der Waals surface area contributed by atoms with Crippen LogP contribution in [0.1, 0.15) is 18.4 Å². The van der Waals surface area contributed by atoms with Crippen molar-refractivity contribution in [3.05, 3.63) is 59.4 Å². The number of hydrogen-bond acceptors (Lipinski definition) is 2. The van der Waals surface area contributed by atoms with Crippen LogP contribution in [0.4, 0.5) is 13.2 Å². The van der Waals surface area contributed by atoms with Crippen LogP contribution in [0.3, 0.4) is 0 Å². The van der Waals surface area contributed by atoms with Gasteiger partial charge in [-0.2, -0.15) is 0 Å². The maximum Gasteiger partial charge on any atom is 0.168 e. The summed E-state index contributed by atoms with van der Waals surface area (Å²) in [6.45, 7) is 0.590. The maximum atomic E-state index is 13.9. The summed E-state index contributed by atoms with van der Waals surface area (Å²) >= 11 is 0. The molecule has 2 aromatic rings. The molecule has 1 fully saturated rings. The van der Waals surface area contributed by atoms with Crippen LogP contribution in [0.5, 0.6) is 11.5 Å². The lowest BCUT2D eigenvalue weighted by molar-refractivity contribution is 0.411. The first-order valence-electron chi connectivity index (χ1n) is 6.76. The van der Waals surface area contributed by atoms with E-state index in [9.17, 15) is 13.2 Å². The zero-order chi connectivity index (χ0) is 14.8. The van der Waals surface area contributed by atoms with Crippen molar-refractivity contribution in [1.29, 1.82) is 0 Å². The third kappa shape index (κ3) is 3.55. The second kappa shape index (κ2) is 5.77. The van der Waals surface area contributed by atoms with Gasteiger partial charge in [0.15, 0.2) is 23.1 Å². The summed E-state index contributed by atoms with van der Waals surface area (Å²) < 4.78 is 45.4. The van der Waals surface area contributed by atoms with Crippen molar-refractivity contribution >= 4 is 0 Å². The van der Waals surface area contributed by atoms with E-state index >= 15 is 0 Å². The Morgan fingerprint density at radius 3 is 2.24 bits per heavy atom. The molecule has 0 aliphatic heterocycles. The molecule has 1 N–H and O–H groups in total. The molecule has 0 amide bonds. The highest BCUT2D eigenvalue weighted by atomic mass is 19.1. The zero-order valence-electron chi connectivity index (χ0n) is 11.2. The van der Waals surface area contributed by atoms with Crippen LogP contribution < -0.4 is 10.1 Å². The minimum absolute atomic E-state index is 0.0873. The molecule has 21 heavy (non-hydrogen) atoms. The molecule has 0 unspecified atom stereocenters. The quantitative estimate of drug-likeness (QED) is 0.894. The first-order valence-corrected chi connectivity index (χ1v) is 6.76. The Kier molecular flexibility index (Phi) is 3.84. The van der Waals surface area contributed by atoms with Crippen molar-refractivity contribution in [2.75, 3.05) is 0 Å². The SMILES string of the molecule is Fc1ccc(Oc2ccc(CNC3CC3)cc2F)c(F)c1. The minimum atomic E-state index is -0.867. The van der Waals surface area contributed by atoms with Crippen LogP contribution in [0.25, 0.3) is 0 Å². The van der Waals surface area contributed by atoms with Crippen LogP contribution in [0.15, 0.2) is 36.4 Å². The molecule has 3 rings (SSSR count). The predicted molar refractivity (Wildman–Crippen MR) is 72.7 cm³/mol. The Hall–Kier alpha value is -2.01. The molecule has 110 valence electrons. The predicted octanol–water partition coefficient (Wildman–Crippen LogP) is 4.15. The van der Waals surface area contributed by atoms with Crippen LogP contribution in [-0.2, 0) is 6.54 Å². The number of halogens is 3. The third-order valence-electron chi connectivity index (χ3n) is 3.28. The Labute approximate surface area is 120 Å². The van der Waals surface area contributed by atoms with Gasteiger partial charge in [0.25, 0.3) is 0 Å². The van der Waals surface area contributed by atoms with Gasteiger partial charge in [0.2, 0.25) is 0 Å². The summed E-state index contributed by atoms with van der Waals surface area (Å²) in [5, 5.41) is 3.28. The highest BCUT2D eigenvalue weighted by Gasteiger charge is 2.20. The van der Waals surface area contributed by atoms with Gasteiger partial charge in [-0.25, -0.2) is 13.2 Å². The molecule has 1 aliphatic rings. The van der Waals surface area contributed by atoms with Gasteiger partial charge >= 0.3 is 0 Å². The van der Waals surface area contributed by atoms with Crippen LogP contribution in [0, 0.1) is 17.5 Å². The first kappa shape index (κ1) is 13.9. The maximum absolute atomic E-state index is 13.9. The van der Waals surface area contributed by atoms with E-state index in [0.717, 1.165) is 30.5 Å². The van der Waals surface area contributed by atoms with E-state index in [1.165, 1.54) is 12.1 Å². The number of benzene rings is 2. The van der Waals surface area contributed by atoms with Crippen LogP contribution in [0.2, 0.25) is 0 Å². The van der Waals surface area contributed by atoms with Gasteiger partial charge in [0.05, 0.1) is 0 Å². The van der Waals surface area contributed by atoms with Crippen LogP contribution in [-0.4, -0.2) is 6.04 Å². The third-order valence-corrected chi connectivity index (χ3v) is 3.28. The van der Waals surface area contributed by atoms with Gasteiger partial charge in [-0.1, -0.05) is 6.07 Å². The first-order chi connectivity index (χ1) is 10.1. The van der Waals surface area contributed by atoms with Gasteiger partial charge in [0, 0.05) is 18.7 Å². The van der Waals surface area contributed by atoms with Gasteiger partial charge < -0.3 is 10.1 Å². The van der Waals surface area contributed by atoms with E-state index in [-0.39, 0.29) is 11.5 Å². The van der Waals surface area contributed by atoms with E-state index in [1.807, 2.05) is 0 Å². The van der Waals surface area contributed by atoms with Crippen molar-refractivity contribution in [2.45, 2.75) is 25.4 Å². The lowest BCUT2D eigenvalue weighted by Gasteiger charge is -2.09. The smallest absolute Gasteiger partial charge is 0.168 e. The Morgan fingerprint density at radius 1 is 0.952 bits per heavy atom. The van der Waals surface area contributed by atoms with E-state index in [0.29, 0.717) is 18.7 Å². The molecule has 5 heteroatoms. The molecular formula is C16H14F3NO. The summed E-state index contributed by atoms with van der Waals surface area (Å²) in [5.41, 5.74) is 0.798. The van der Waals surface area contributed by atoms with Crippen LogP contribution >= 0.6 is 0 Å². The molecule has 0 radical (unpaired) electrons. The topological polar surface area (TPSA) is 21.3 Å². The lowest BCUT2D eigenvalue weighted by atomic mass is 10.2. The van der Waals surface area contributed by atoms with Crippen molar-refractivity contribution in [3.8, 4) is 11.5 Å². The number of hydrogen-bond donors (Lipinski definition) is 1. The molecule has 0 spiro atoms. The van der Waals surface area contributed by atoms with Gasteiger partial charge in [0.1, 0.15) is 5.82 Å². The second-order valence-electron chi connectivity index (χ2n) is 5.10. The molecule has 2 aromatic carbocycles. The molecule has 0 heterocycles. The monoisotopic (exact) mass is 293 g/mol. The molecule has 1 aliphatic carbocycles. The van der Waals surface area contributed by atoms with Crippen molar-refractivity contribution in [1.82, 2.24) is 5.32 Å². The second-order valence-corrected chi connectivity index (χ2v) is 5.10. The fourth-order valence-corrected chi connectivity index (χ4v) is 1.96. The highest BCUT2D eigenvalue weighted by Crippen LogP contribution is 2.28. The van der Waals surface area contributed by atoms with E-state index < -0.39 is 17.5 Å². The Bertz CT molecular complexity index is 656. The molecular weight excluding hydrogens is 279 g/mol. The molecule has 0 saturated heterocycles. The average molecular weight is 293 g/mol. The number of ether oxygens (including phenoxy) is 1. The summed E-state index contributed by atoms with van der Waals surface area (Å²) in [7, 11) is 0. The van der Waals surface area contributed by atoms with Gasteiger partial charge in [-0.3, -0.25) is 0 Å². The zero-order valence-corrected chi connectivity index (χ0v) is 11.2. The highest BCUT2D eigenvalue weighted by molar-refractivity contribution is 5.35. The Morgan fingerprint density at radius 2 is 1.62 bits per heavy atom. The van der Waals surface area contributed by atoms with E-state index in [2.05, 4.69) is 5.32 Å². The molecule has 1 saturated carbocycles. The summed E-state index contributed by atoms with van der Waals surface area (Å²) in [6, 6.07) is 7.94. The molecule has 0 atom stereocenters. The number of nitrogens with one attached hydrogen (secondary N) is 1. The molecule has 2 nitrogen and oxygen atoms in total. The lowest BCUT2D eigenvalue weighted by Crippen LogP contribution is -2.15. The van der Waals surface area contributed by atoms with E-state index in [4.69, 9.17) is 4.74 Å². The van der Waals surface area contributed by atoms with Crippen molar-refractivity contribution < 1.29 is 17.9 Å². The fourth-order valence-electron chi connectivity index (χ4n) is 1.96. The Balaban J connectivity index is 1.72. The summed E-state index contributed by atoms with van der Waals surface area (Å²) in [6.07, 6.45) is 2.32. The van der Waals surface area contributed by atoms with E-state index in [1.54, 1.807) is 6.07 Å². The molecule has 0 aromatic heterocycles. The van der Waals surface area contributed by atoms with Gasteiger partial charge in [-0.15, -0.1) is 0 Å². The van der Waals surface area contributed by atoms with Crippen molar-refractivity contribution in [3.63, 3.8) is 0 Å². The standard InChI is InChI=1S/C16H14F3NO/c17-11-2-6-16(14(19)8-11)21-15-5-1-10(7-13(15)18)9-20-12-3-4-12/h1-2,5-8,12,20H,3-4,9H2. The fraction of sp³-hybridized carbons (Fsp3) is 0.250. The summed E-state index contributed by atoms with van der Waals surface area (Å²) in [5.74, 6) is -2.45. The van der Waals surface area contributed by atoms with Gasteiger partial charge in [-0.05, 0) is 42.7 Å².